The van der Waals surface area contributed by atoms with Gasteiger partial charge in [-0.3, -0.25) is 4.79 Å². The van der Waals surface area contributed by atoms with Crippen molar-refractivity contribution in [2.24, 2.45) is 0 Å². The van der Waals surface area contributed by atoms with Crippen LogP contribution in [0.4, 0.5) is 5.13 Å². The number of carbonyl (C=O) groups is 1. The number of nitrogens with one attached hydrogen (secondary N) is 1. The molecular formula is C14H14N4OS3. The first kappa shape index (κ1) is 15.1. The third kappa shape index (κ3) is 3.70. The molecule has 3 heterocycles. The molecule has 22 heavy (non-hydrogen) atoms. The van der Waals surface area contributed by atoms with E-state index in [2.05, 4.69) is 15.3 Å². The van der Waals surface area contributed by atoms with E-state index in [1.807, 2.05) is 22.9 Å². The second kappa shape index (κ2) is 6.99. The van der Waals surface area contributed by atoms with Gasteiger partial charge in [-0.25, -0.2) is 9.97 Å². The highest BCUT2D eigenvalue weighted by atomic mass is 32.1. The molecule has 0 aliphatic carbocycles. The SMILES string of the molecule is Nc1nc(CCCNC(=O)c2csc(-c3cccs3)n2)cs1. The van der Waals surface area contributed by atoms with Gasteiger partial charge in [0.25, 0.3) is 5.91 Å². The van der Waals surface area contributed by atoms with Crippen molar-refractivity contribution in [1.82, 2.24) is 15.3 Å². The van der Waals surface area contributed by atoms with Crippen LogP contribution >= 0.6 is 34.0 Å². The van der Waals surface area contributed by atoms with Gasteiger partial charge in [-0.1, -0.05) is 6.07 Å². The standard InChI is InChI=1S/C14H14N4OS3/c15-14-17-9(7-22-14)3-1-5-16-12(19)10-8-21-13(18-10)11-4-2-6-20-11/h2,4,6-8H,1,3,5H2,(H2,15,17)(H,16,19). The summed E-state index contributed by atoms with van der Waals surface area (Å²) in [7, 11) is 0. The van der Waals surface area contributed by atoms with Crippen molar-refractivity contribution in [2.75, 3.05) is 12.3 Å². The molecule has 0 aliphatic rings. The van der Waals surface area contributed by atoms with E-state index >= 15 is 0 Å². The van der Waals surface area contributed by atoms with E-state index in [-0.39, 0.29) is 5.91 Å². The first-order valence-electron chi connectivity index (χ1n) is 6.70. The van der Waals surface area contributed by atoms with Gasteiger partial charge in [-0.2, -0.15) is 0 Å². The van der Waals surface area contributed by atoms with Crippen LogP contribution in [0.2, 0.25) is 0 Å². The lowest BCUT2D eigenvalue weighted by Crippen LogP contribution is -2.25. The normalized spacial score (nSPS) is 10.7. The van der Waals surface area contributed by atoms with Gasteiger partial charge < -0.3 is 11.1 Å². The zero-order valence-corrected chi connectivity index (χ0v) is 14.1. The molecule has 0 spiro atoms. The number of anilines is 1. The van der Waals surface area contributed by atoms with Crippen LogP contribution in [0.3, 0.4) is 0 Å². The number of nitrogen functional groups attached to an aromatic ring is 1. The van der Waals surface area contributed by atoms with Gasteiger partial charge in [0.15, 0.2) is 5.13 Å². The largest absolute Gasteiger partial charge is 0.375 e. The molecule has 8 heteroatoms. The number of hydrogen-bond donors (Lipinski definition) is 2. The molecule has 0 atom stereocenters. The predicted molar refractivity (Wildman–Crippen MR) is 92.6 cm³/mol. The molecule has 3 rings (SSSR count). The van der Waals surface area contributed by atoms with E-state index in [4.69, 9.17) is 5.73 Å². The zero-order chi connectivity index (χ0) is 15.4. The number of aryl methyl sites for hydroxylation is 1. The number of thiazole rings is 2. The summed E-state index contributed by atoms with van der Waals surface area (Å²) in [5, 5.41) is 10.1. The molecule has 0 aliphatic heterocycles. The monoisotopic (exact) mass is 350 g/mol. The van der Waals surface area contributed by atoms with Crippen LogP contribution in [-0.2, 0) is 6.42 Å². The minimum Gasteiger partial charge on any atom is -0.375 e. The molecule has 0 radical (unpaired) electrons. The van der Waals surface area contributed by atoms with Crippen LogP contribution in [-0.4, -0.2) is 22.4 Å². The first-order valence-corrected chi connectivity index (χ1v) is 9.34. The molecule has 0 saturated heterocycles. The van der Waals surface area contributed by atoms with E-state index in [0.717, 1.165) is 28.4 Å². The first-order chi connectivity index (χ1) is 10.7. The molecule has 0 fully saturated rings. The molecule has 0 unspecified atom stereocenters. The van der Waals surface area contributed by atoms with Crippen LogP contribution in [0.15, 0.2) is 28.3 Å². The van der Waals surface area contributed by atoms with Crippen molar-refractivity contribution in [2.45, 2.75) is 12.8 Å². The van der Waals surface area contributed by atoms with E-state index in [1.165, 1.54) is 22.7 Å². The van der Waals surface area contributed by atoms with E-state index in [0.29, 0.717) is 17.4 Å². The maximum absolute atomic E-state index is 12.0. The summed E-state index contributed by atoms with van der Waals surface area (Å²) in [6.45, 7) is 0.599. The minimum absolute atomic E-state index is 0.128. The number of carbonyl (C=O) groups excluding carboxylic acids is 1. The second-order valence-electron chi connectivity index (χ2n) is 4.55. The molecule has 0 bridgehead atoms. The van der Waals surface area contributed by atoms with Crippen molar-refractivity contribution in [3.63, 3.8) is 0 Å². The van der Waals surface area contributed by atoms with Crippen molar-refractivity contribution in [3.8, 4) is 9.88 Å². The smallest absolute Gasteiger partial charge is 0.270 e. The Balaban J connectivity index is 1.48. The molecule has 0 aromatic carbocycles. The molecule has 3 aromatic rings. The van der Waals surface area contributed by atoms with Gasteiger partial charge in [-0.15, -0.1) is 34.0 Å². The van der Waals surface area contributed by atoms with Gasteiger partial charge in [0.2, 0.25) is 0 Å². The predicted octanol–water partition coefficient (Wildman–Crippen LogP) is 3.27. The number of amides is 1. The number of hydrogen-bond acceptors (Lipinski definition) is 7. The fraction of sp³-hybridized carbons (Fsp3) is 0.214. The van der Waals surface area contributed by atoms with Crippen LogP contribution < -0.4 is 11.1 Å². The summed E-state index contributed by atoms with van der Waals surface area (Å²) in [5.41, 5.74) is 7.04. The van der Waals surface area contributed by atoms with E-state index < -0.39 is 0 Å². The third-order valence-electron chi connectivity index (χ3n) is 2.93. The topological polar surface area (TPSA) is 80.9 Å². The average Bonchev–Trinajstić information content (AvgIpc) is 3.23. The van der Waals surface area contributed by atoms with Gasteiger partial charge >= 0.3 is 0 Å². The molecule has 3 aromatic heterocycles. The summed E-state index contributed by atoms with van der Waals surface area (Å²) in [5.74, 6) is -0.128. The van der Waals surface area contributed by atoms with Crippen LogP contribution in [0.5, 0.6) is 0 Å². The van der Waals surface area contributed by atoms with Crippen molar-refractivity contribution in [1.29, 1.82) is 0 Å². The summed E-state index contributed by atoms with van der Waals surface area (Å²) in [6.07, 6.45) is 1.64. The summed E-state index contributed by atoms with van der Waals surface area (Å²) < 4.78 is 0. The van der Waals surface area contributed by atoms with Crippen molar-refractivity contribution in [3.05, 3.63) is 39.7 Å². The highest BCUT2D eigenvalue weighted by Gasteiger charge is 2.11. The summed E-state index contributed by atoms with van der Waals surface area (Å²) >= 11 is 4.55. The zero-order valence-electron chi connectivity index (χ0n) is 11.6. The minimum atomic E-state index is -0.128. The Morgan fingerprint density at radius 1 is 1.23 bits per heavy atom. The fourth-order valence-electron chi connectivity index (χ4n) is 1.89. The second-order valence-corrected chi connectivity index (χ2v) is 7.25. The molecular weight excluding hydrogens is 336 g/mol. The highest BCUT2D eigenvalue weighted by molar-refractivity contribution is 7.20. The number of aromatic nitrogens is 2. The van der Waals surface area contributed by atoms with Gasteiger partial charge in [-0.05, 0) is 24.3 Å². The average molecular weight is 350 g/mol. The van der Waals surface area contributed by atoms with Crippen LogP contribution in [0.25, 0.3) is 9.88 Å². The summed E-state index contributed by atoms with van der Waals surface area (Å²) in [6, 6.07) is 3.98. The Labute approximate surface area is 139 Å². The molecule has 114 valence electrons. The molecule has 0 saturated carbocycles. The number of nitrogens with two attached hydrogens (primary N) is 1. The molecule has 1 amide bonds. The van der Waals surface area contributed by atoms with Crippen LogP contribution in [0.1, 0.15) is 22.6 Å². The summed E-state index contributed by atoms with van der Waals surface area (Å²) in [4.78, 5) is 21.7. The van der Waals surface area contributed by atoms with E-state index in [9.17, 15) is 4.79 Å². The van der Waals surface area contributed by atoms with Crippen molar-refractivity contribution < 1.29 is 4.79 Å². The van der Waals surface area contributed by atoms with Gasteiger partial charge in [0.05, 0.1) is 10.6 Å². The maximum Gasteiger partial charge on any atom is 0.270 e. The lowest BCUT2D eigenvalue weighted by molar-refractivity contribution is 0.0949. The fourth-order valence-corrected chi connectivity index (χ4v) is 4.10. The highest BCUT2D eigenvalue weighted by Crippen LogP contribution is 2.27. The number of thiophene rings is 1. The quantitative estimate of drug-likeness (QED) is 0.669. The lowest BCUT2D eigenvalue weighted by Gasteiger charge is -2.01. The van der Waals surface area contributed by atoms with Gasteiger partial charge in [0, 0.05) is 17.3 Å². The Morgan fingerprint density at radius 3 is 2.86 bits per heavy atom. The van der Waals surface area contributed by atoms with Crippen LogP contribution in [0, 0.1) is 0 Å². The van der Waals surface area contributed by atoms with Gasteiger partial charge in [0.1, 0.15) is 10.7 Å². The third-order valence-corrected chi connectivity index (χ3v) is 5.54. The maximum atomic E-state index is 12.0. The molecule has 3 N–H and O–H groups in total. The molecule has 5 nitrogen and oxygen atoms in total. The lowest BCUT2D eigenvalue weighted by atomic mass is 10.2. The Kier molecular flexibility index (Phi) is 4.81. The Bertz CT molecular complexity index is 748. The Morgan fingerprint density at radius 2 is 2.14 bits per heavy atom. The number of nitrogens with zero attached hydrogens (tertiary/aromatic N) is 2. The Hall–Kier alpha value is -1.77. The van der Waals surface area contributed by atoms with E-state index in [1.54, 1.807) is 16.7 Å². The number of rotatable bonds is 6. The van der Waals surface area contributed by atoms with Crippen molar-refractivity contribution >= 4 is 45.0 Å².